The van der Waals surface area contributed by atoms with E-state index < -0.39 is 5.97 Å². The predicted octanol–water partition coefficient (Wildman–Crippen LogP) is 4.31. The summed E-state index contributed by atoms with van der Waals surface area (Å²) >= 11 is 0. The van der Waals surface area contributed by atoms with Crippen molar-refractivity contribution in [3.8, 4) is 6.07 Å². The molecular weight excluding hydrogens is 418 g/mol. The molecule has 0 aliphatic carbocycles. The Morgan fingerprint density at radius 3 is 2.82 bits per heavy atom. The Kier molecular flexibility index (Phi) is 8.56. The first-order valence-corrected chi connectivity index (χ1v) is 11.4. The van der Waals surface area contributed by atoms with Gasteiger partial charge < -0.3 is 14.7 Å². The lowest BCUT2D eigenvalue weighted by atomic mass is 9.86. The number of ether oxygens (including phenoxy) is 1. The Morgan fingerprint density at radius 2 is 2.06 bits per heavy atom. The van der Waals surface area contributed by atoms with E-state index in [1.54, 1.807) is 12.3 Å². The molecule has 7 heteroatoms. The molecule has 1 aromatic heterocycles. The van der Waals surface area contributed by atoms with Crippen LogP contribution in [0.3, 0.4) is 0 Å². The molecule has 0 fully saturated rings. The van der Waals surface area contributed by atoms with Crippen molar-refractivity contribution in [1.82, 2.24) is 4.98 Å². The van der Waals surface area contributed by atoms with Crippen LogP contribution < -0.4 is 4.90 Å². The van der Waals surface area contributed by atoms with Gasteiger partial charge >= 0.3 is 5.97 Å². The van der Waals surface area contributed by atoms with Gasteiger partial charge in [-0.05, 0) is 55.0 Å². The number of hydrogen-bond acceptors (Lipinski definition) is 6. The van der Waals surface area contributed by atoms with Gasteiger partial charge in [0.25, 0.3) is 0 Å². The number of unbranched alkanes of at least 4 members (excludes halogenated alkanes) is 1. The van der Waals surface area contributed by atoms with Crippen LogP contribution in [0, 0.1) is 17.2 Å². The van der Waals surface area contributed by atoms with E-state index in [4.69, 9.17) is 15.1 Å². The van der Waals surface area contributed by atoms with E-state index in [9.17, 15) is 9.59 Å². The number of benzene rings is 1. The maximum Gasteiger partial charge on any atom is 0.303 e. The van der Waals surface area contributed by atoms with E-state index in [0.29, 0.717) is 18.8 Å². The normalized spacial score (nSPS) is 17.9. The van der Waals surface area contributed by atoms with Gasteiger partial charge in [-0.2, -0.15) is 5.26 Å². The highest BCUT2D eigenvalue weighted by atomic mass is 16.5. The average Bonchev–Trinajstić information content (AvgIpc) is 3.07. The molecule has 3 unspecified atom stereocenters. The Labute approximate surface area is 195 Å². The molecule has 0 amide bonds. The van der Waals surface area contributed by atoms with Crippen molar-refractivity contribution in [2.24, 2.45) is 5.92 Å². The van der Waals surface area contributed by atoms with Crippen LogP contribution in [0.1, 0.15) is 61.8 Å². The van der Waals surface area contributed by atoms with Gasteiger partial charge in [-0.3, -0.25) is 14.6 Å². The van der Waals surface area contributed by atoms with Crippen LogP contribution in [-0.2, 0) is 20.9 Å². The zero-order chi connectivity index (χ0) is 23.8. The van der Waals surface area contributed by atoms with Gasteiger partial charge in [0.15, 0.2) is 0 Å². The maximum absolute atomic E-state index is 13.2. The summed E-state index contributed by atoms with van der Waals surface area (Å²) in [6.45, 7) is 2.88. The van der Waals surface area contributed by atoms with Crippen molar-refractivity contribution in [2.75, 3.05) is 18.6 Å². The van der Waals surface area contributed by atoms with Crippen LogP contribution in [0.2, 0.25) is 0 Å². The van der Waals surface area contributed by atoms with Crippen molar-refractivity contribution in [3.05, 3.63) is 59.4 Å². The van der Waals surface area contributed by atoms with Crippen molar-refractivity contribution in [2.45, 2.75) is 57.6 Å². The highest BCUT2D eigenvalue weighted by Crippen LogP contribution is 2.42. The summed E-state index contributed by atoms with van der Waals surface area (Å²) in [6.07, 6.45) is 4.53. The van der Waals surface area contributed by atoms with E-state index in [0.717, 1.165) is 36.2 Å². The minimum absolute atomic E-state index is 0.00624. The van der Waals surface area contributed by atoms with Gasteiger partial charge in [0, 0.05) is 38.7 Å². The minimum atomic E-state index is -0.881. The number of ketones is 1. The lowest BCUT2D eigenvalue weighted by Crippen LogP contribution is -2.34. The molecule has 0 spiro atoms. The lowest BCUT2D eigenvalue weighted by molar-refractivity contribution is -0.138. The van der Waals surface area contributed by atoms with Crippen LogP contribution in [0.15, 0.2) is 42.6 Å². The molecule has 0 bridgehead atoms. The number of aromatic nitrogens is 1. The number of hydrogen-bond donors (Lipinski definition) is 1. The van der Waals surface area contributed by atoms with Crippen LogP contribution in [0.4, 0.5) is 5.69 Å². The molecule has 1 aliphatic rings. The summed E-state index contributed by atoms with van der Waals surface area (Å²) < 4.78 is 5.78. The van der Waals surface area contributed by atoms with E-state index in [1.807, 2.05) is 44.3 Å². The summed E-state index contributed by atoms with van der Waals surface area (Å²) in [5.41, 5.74) is 3.38. The minimum Gasteiger partial charge on any atom is -0.481 e. The molecule has 1 N–H and O–H groups in total. The summed E-state index contributed by atoms with van der Waals surface area (Å²) in [5, 5.41) is 18.0. The highest BCUT2D eigenvalue weighted by Gasteiger charge is 2.41. The number of rotatable bonds is 12. The third kappa shape index (κ3) is 6.39. The second-order valence-electron chi connectivity index (χ2n) is 8.80. The summed E-state index contributed by atoms with van der Waals surface area (Å²) in [7, 11) is 2.00. The first-order valence-electron chi connectivity index (χ1n) is 11.4. The monoisotopic (exact) mass is 449 g/mol. The van der Waals surface area contributed by atoms with E-state index in [2.05, 4.69) is 16.0 Å². The maximum atomic E-state index is 13.2. The second kappa shape index (κ2) is 11.6. The Balaban J connectivity index is 1.54. The first kappa shape index (κ1) is 24.4. The molecule has 7 nitrogen and oxygen atoms in total. The first-order chi connectivity index (χ1) is 15.9. The number of likely N-dealkylation sites (N-methyl/N-ethyl adjacent to an activating group) is 1. The summed E-state index contributed by atoms with van der Waals surface area (Å²) in [6, 6.07) is 13.4. The van der Waals surface area contributed by atoms with Gasteiger partial charge in [-0.1, -0.05) is 19.1 Å². The number of nitrogens with zero attached hydrogens (tertiary/aromatic N) is 3. The van der Waals surface area contributed by atoms with Crippen LogP contribution in [0.25, 0.3) is 0 Å². The number of carbonyl (C=O) groups is 2. The number of carboxylic acids is 1. The van der Waals surface area contributed by atoms with Gasteiger partial charge in [-0.25, -0.2) is 0 Å². The van der Waals surface area contributed by atoms with Gasteiger partial charge in [-0.15, -0.1) is 0 Å². The van der Waals surface area contributed by atoms with Gasteiger partial charge in [0.05, 0.1) is 35.5 Å². The fourth-order valence-electron chi connectivity index (χ4n) is 4.58. The summed E-state index contributed by atoms with van der Waals surface area (Å²) in [5.74, 6) is -1.36. The molecule has 1 aliphatic heterocycles. The molecule has 174 valence electrons. The predicted molar refractivity (Wildman–Crippen MR) is 125 cm³/mol. The molecular formula is C26H31N3O4. The van der Waals surface area contributed by atoms with Crippen LogP contribution in [0.5, 0.6) is 0 Å². The van der Waals surface area contributed by atoms with Crippen molar-refractivity contribution in [1.29, 1.82) is 5.26 Å². The SMILES string of the molecule is CC(CC(=O)O)CC(=O)C1c2ncccc2N(C)C1CCCCOCc1cccc(C#N)c1. The average molecular weight is 450 g/mol. The number of carbonyl (C=O) groups excluding carboxylic acids is 1. The quantitative estimate of drug-likeness (QED) is 0.482. The number of anilines is 1. The van der Waals surface area contributed by atoms with Crippen LogP contribution in [-0.4, -0.2) is 41.5 Å². The number of aliphatic carboxylic acids is 1. The number of fused-ring (bicyclic) bond motifs is 1. The number of carboxylic acid groups (broad SMARTS) is 1. The molecule has 3 atom stereocenters. The number of Topliss-reactive ketones (excluding diaryl/α,β-unsaturated/α-hetero) is 1. The number of nitriles is 1. The molecule has 33 heavy (non-hydrogen) atoms. The Bertz CT molecular complexity index is 1020. The Morgan fingerprint density at radius 1 is 1.24 bits per heavy atom. The lowest BCUT2D eigenvalue weighted by Gasteiger charge is -2.26. The molecule has 0 radical (unpaired) electrons. The molecule has 3 rings (SSSR count). The molecule has 0 saturated heterocycles. The van der Waals surface area contributed by atoms with E-state index in [1.165, 1.54) is 0 Å². The zero-order valence-corrected chi connectivity index (χ0v) is 19.2. The third-order valence-corrected chi connectivity index (χ3v) is 6.16. The fraction of sp³-hybridized carbons (Fsp3) is 0.462. The van der Waals surface area contributed by atoms with Crippen molar-refractivity contribution >= 4 is 17.4 Å². The van der Waals surface area contributed by atoms with Gasteiger partial charge in [0.1, 0.15) is 5.78 Å². The van der Waals surface area contributed by atoms with Crippen LogP contribution >= 0.6 is 0 Å². The van der Waals surface area contributed by atoms with Gasteiger partial charge in [0.2, 0.25) is 0 Å². The second-order valence-corrected chi connectivity index (χ2v) is 8.80. The van der Waals surface area contributed by atoms with Crippen molar-refractivity contribution < 1.29 is 19.4 Å². The standard InChI is InChI=1S/C26H31N3O4/c1-18(14-24(31)32)13-23(30)25-21(29(2)22-10-6-11-28-26(22)25)9-3-4-12-33-17-20-8-5-7-19(15-20)16-27/h5-8,10-11,15,18,21,25H,3-4,9,12-14,17H2,1-2H3,(H,31,32). The Hall–Kier alpha value is -3.24. The topological polar surface area (TPSA) is 104 Å². The zero-order valence-electron chi connectivity index (χ0n) is 19.2. The van der Waals surface area contributed by atoms with E-state index in [-0.39, 0.29) is 36.5 Å². The largest absolute Gasteiger partial charge is 0.481 e. The summed E-state index contributed by atoms with van der Waals surface area (Å²) in [4.78, 5) is 30.9. The smallest absolute Gasteiger partial charge is 0.303 e. The molecule has 2 heterocycles. The molecule has 2 aromatic rings. The highest BCUT2D eigenvalue weighted by molar-refractivity contribution is 5.90. The molecule has 0 saturated carbocycles. The molecule has 1 aromatic carbocycles. The fourth-order valence-corrected chi connectivity index (χ4v) is 4.58. The number of pyridine rings is 1. The van der Waals surface area contributed by atoms with E-state index >= 15 is 0 Å². The third-order valence-electron chi connectivity index (χ3n) is 6.16. The van der Waals surface area contributed by atoms with Crippen molar-refractivity contribution in [3.63, 3.8) is 0 Å².